The Bertz CT molecular complexity index is 1480. The number of aliphatic hydroxyl groups excluding tert-OH is 5. The number of aliphatic hydroxyl groups is 5. The first-order valence-electron chi connectivity index (χ1n) is 39.5. The average molecular weight is 1260 g/mol. The zero-order valence-electron chi connectivity index (χ0n) is 58.9. The molecular formula is C78H151NO10. The molecule has 0 spiro atoms. The molecule has 7 unspecified atom stereocenters. The molecule has 1 saturated heterocycles. The standard InChI is InChI=1S/C78H151NO10/c1-3-5-7-9-11-13-15-41-45-48-52-56-60-64-71(81)70(69-88-78-77(86)76(85)75(84)72(68-80)89-78)79-73(82)65-61-57-53-49-46-42-39-37-35-33-31-29-27-25-23-21-19-17-16-18-20-22-24-26-28-30-32-34-36-38-40-43-47-51-55-59-63-67-87-74(83)66-62-58-54-50-44-14-12-10-8-6-4-2/h60,64,70-72,75-78,80-81,84-86H,3-59,61-63,65-69H2,1-2H3,(H,79,82)/b64-60+. The van der Waals surface area contributed by atoms with Crippen LogP contribution in [0.2, 0.25) is 0 Å². The molecule has 1 aliphatic heterocycles. The average Bonchev–Trinajstić information content (AvgIpc) is 2.53. The summed E-state index contributed by atoms with van der Waals surface area (Å²) in [4.78, 5) is 25.1. The summed E-state index contributed by atoms with van der Waals surface area (Å²) in [6.45, 7) is 4.40. The van der Waals surface area contributed by atoms with Gasteiger partial charge in [0.2, 0.25) is 5.91 Å². The highest BCUT2D eigenvalue weighted by molar-refractivity contribution is 5.76. The van der Waals surface area contributed by atoms with Crippen molar-refractivity contribution in [2.24, 2.45) is 0 Å². The Kier molecular flexibility index (Phi) is 65.1. The molecule has 0 radical (unpaired) electrons. The third-order valence-corrected chi connectivity index (χ3v) is 19.2. The molecule has 0 aromatic heterocycles. The number of hydrogen-bond acceptors (Lipinski definition) is 10. The molecule has 1 aliphatic rings. The van der Waals surface area contributed by atoms with Gasteiger partial charge in [0.15, 0.2) is 6.29 Å². The number of nitrogens with one attached hydrogen (secondary N) is 1. The van der Waals surface area contributed by atoms with Crippen LogP contribution in [0, 0.1) is 0 Å². The van der Waals surface area contributed by atoms with Crippen LogP contribution in [0.1, 0.15) is 412 Å². The Morgan fingerprint density at radius 1 is 0.404 bits per heavy atom. The van der Waals surface area contributed by atoms with Crippen molar-refractivity contribution in [2.75, 3.05) is 19.8 Å². The first kappa shape index (κ1) is 85.4. The Hall–Kier alpha value is -1.60. The zero-order chi connectivity index (χ0) is 64.4. The van der Waals surface area contributed by atoms with E-state index in [1.54, 1.807) is 6.08 Å². The number of unbranched alkanes of at least 4 members (excludes halogenated alkanes) is 57. The van der Waals surface area contributed by atoms with Crippen molar-refractivity contribution < 1.29 is 49.3 Å². The first-order chi connectivity index (χ1) is 43.7. The van der Waals surface area contributed by atoms with Gasteiger partial charge in [0.1, 0.15) is 24.4 Å². The van der Waals surface area contributed by atoms with E-state index < -0.39 is 49.5 Å². The van der Waals surface area contributed by atoms with Gasteiger partial charge in [0, 0.05) is 12.8 Å². The molecule has 6 N–H and O–H groups in total. The molecule has 11 heteroatoms. The third-order valence-electron chi connectivity index (χ3n) is 19.2. The van der Waals surface area contributed by atoms with Gasteiger partial charge in [0.25, 0.3) is 0 Å². The fraction of sp³-hybridized carbons (Fsp3) is 0.949. The molecule has 11 nitrogen and oxygen atoms in total. The fourth-order valence-corrected chi connectivity index (χ4v) is 13.0. The van der Waals surface area contributed by atoms with Crippen LogP contribution in [0.4, 0.5) is 0 Å². The third kappa shape index (κ3) is 56.5. The number of carbonyl (C=O) groups is 2. The summed E-state index contributed by atoms with van der Waals surface area (Å²) in [6, 6.07) is -0.805. The van der Waals surface area contributed by atoms with Gasteiger partial charge >= 0.3 is 5.97 Å². The van der Waals surface area contributed by atoms with Crippen LogP contribution in [0.5, 0.6) is 0 Å². The lowest BCUT2D eigenvalue weighted by molar-refractivity contribution is -0.302. The van der Waals surface area contributed by atoms with Crippen molar-refractivity contribution in [3.63, 3.8) is 0 Å². The maximum absolute atomic E-state index is 13.1. The van der Waals surface area contributed by atoms with Crippen molar-refractivity contribution in [2.45, 2.75) is 455 Å². The minimum absolute atomic E-state index is 0.0178. The highest BCUT2D eigenvalue weighted by Crippen LogP contribution is 2.24. The van der Waals surface area contributed by atoms with Crippen molar-refractivity contribution in [1.29, 1.82) is 0 Å². The number of hydrogen-bond donors (Lipinski definition) is 6. The predicted octanol–water partition coefficient (Wildman–Crippen LogP) is 21.0. The van der Waals surface area contributed by atoms with Crippen LogP contribution in [0.3, 0.4) is 0 Å². The summed E-state index contributed by atoms with van der Waals surface area (Å²) >= 11 is 0. The van der Waals surface area contributed by atoms with Crippen LogP contribution in [-0.4, -0.2) is 100 Å². The lowest BCUT2D eigenvalue weighted by Gasteiger charge is -2.40. The zero-order valence-corrected chi connectivity index (χ0v) is 58.9. The molecule has 1 amide bonds. The minimum atomic E-state index is -1.57. The van der Waals surface area contributed by atoms with Crippen molar-refractivity contribution in [3.05, 3.63) is 12.2 Å². The highest BCUT2D eigenvalue weighted by atomic mass is 16.7. The molecule has 0 aromatic rings. The first-order valence-corrected chi connectivity index (χ1v) is 39.5. The number of allylic oxidation sites excluding steroid dienone is 1. The van der Waals surface area contributed by atoms with E-state index in [9.17, 15) is 35.1 Å². The number of esters is 1. The van der Waals surface area contributed by atoms with Crippen LogP contribution < -0.4 is 5.32 Å². The second kappa shape index (κ2) is 67.8. The van der Waals surface area contributed by atoms with E-state index in [1.165, 1.54) is 334 Å². The van der Waals surface area contributed by atoms with E-state index in [2.05, 4.69) is 19.2 Å². The normalized spacial score (nSPS) is 17.7. The van der Waals surface area contributed by atoms with Crippen molar-refractivity contribution in [1.82, 2.24) is 5.32 Å². The molecule has 0 aromatic carbocycles. The lowest BCUT2D eigenvalue weighted by atomic mass is 9.99. The van der Waals surface area contributed by atoms with Crippen molar-refractivity contribution in [3.8, 4) is 0 Å². The SMILES string of the molecule is CCCCCCCCCCCCC/C=C/C(O)C(COC1OC(CO)C(O)C(O)C1O)NC(=O)CCCCCCCCCCCCCCCCCCCCCCCCCCCCCCCCCCCCCCCOC(=O)CCCCCCCCCCCCC. The van der Waals surface area contributed by atoms with Crippen LogP contribution >= 0.6 is 0 Å². The lowest BCUT2D eigenvalue weighted by Crippen LogP contribution is -2.60. The molecule has 0 saturated carbocycles. The highest BCUT2D eigenvalue weighted by Gasteiger charge is 2.44. The maximum atomic E-state index is 13.1. The van der Waals surface area contributed by atoms with Gasteiger partial charge in [0.05, 0.1) is 32.0 Å². The van der Waals surface area contributed by atoms with E-state index in [1.807, 2.05) is 6.08 Å². The van der Waals surface area contributed by atoms with E-state index in [0.29, 0.717) is 19.4 Å². The molecule has 0 bridgehead atoms. The molecule has 0 aliphatic carbocycles. The summed E-state index contributed by atoms with van der Waals surface area (Å²) in [5.74, 6) is -0.155. The van der Waals surface area contributed by atoms with E-state index in [4.69, 9.17) is 14.2 Å². The topological polar surface area (TPSA) is 175 Å². The smallest absolute Gasteiger partial charge is 0.305 e. The molecule has 1 fully saturated rings. The second-order valence-electron chi connectivity index (χ2n) is 27.8. The predicted molar refractivity (Wildman–Crippen MR) is 375 cm³/mol. The Morgan fingerprint density at radius 3 is 1.04 bits per heavy atom. The van der Waals surface area contributed by atoms with E-state index >= 15 is 0 Å². The van der Waals surface area contributed by atoms with Gasteiger partial charge in [-0.15, -0.1) is 0 Å². The minimum Gasteiger partial charge on any atom is -0.466 e. The largest absolute Gasteiger partial charge is 0.466 e. The van der Waals surface area contributed by atoms with Crippen molar-refractivity contribution >= 4 is 11.9 Å². The van der Waals surface area contributed by atoms with Gasteiger partial charge < -0.3 is 45.1 Å². The monoisotopic (exact) mass is 1260 g/mol. The second-order valence-corrected chi connectivity index (χ2v) is 27.8. The molecule has 1 rings (SSSR count). The Labute approximate surface area is 550 Å². The van der Waals surface area contributed by atoms with Gasteiger partial charge in [-0.2, -0.15) is 0 Å². The summed E-state index contributed by atoms with van der Waals surface area (Å²) in [5.41, 5.74) is 0. The number of rotatable bonds is 71. The molecule has 528 valence electrons. The number of ether oxygens (including phenoxy) is 3. The van der Waals surface area contributed by atoms with E-state index in [0.717, 1.165) is 51.4 Å². The fourth-order valence-electron chi connectivity index (χ4n) is 13.0. The Morgan fingerprint density at radius 2 is 0.708 bits per heavy atom. The molecule has 89 heavy (non-hydrogen) atoms. The van der Waals surface area contributed by atoms with Gasteiger partial charge in [-0.05, 0) is 32.1 Å². The van der Waals surface area contributed by atoms with Crippen LogP contribution in [0.15, 0.2) is 12.2 Å². The summed E-state index contributed by atoms with van der Waals surface area (Å²) in [6.07, 6.45) is 75.3. The van der Waals surface area contributed by atoms with E-state index in [-0.39, 0.29) is 18.5 Å². The number of amides is 1. The van der Waals surface area contributed by atoms with Gasteiger partial charge in [-0.3, -0.25) is 9.59 Å². The Balaban J connectivity index is 1.89. The summed E-state index contributed by atoms with van der Waals surface area (Å²) in [5, 5.41) is 54.6. The quantitative estimate of drug-likeness (QED) is 0.0195. The van der Waals surface area contributed by atoms with Crippen LogP contribution in [0.25, 0.3) is 0 Å². The summed E-state index contributed by atoms with van der Waals surface area (Å²) in [7, 11) is 0. The van der Waals surface area contributed by atoms with Crippen LogP contribution in [-0.2, 0) is 23.8 Å². The maximum Gasteiger partial charge on any atom is 0.305 e. The summed E-state index contributed by atoms with van der Waals surface area (Å²) < 4.78 is 16.8. The number of carbonyl (C=O) groups excluding carboxylic acids is 2. The molecule has 1 heterocycles. The van der Waals surface area contributed by atoms with Gasteiger partial charge in [-0.1, -0.05) is 379 Å². The van der Waals surface area contributed by atoms with Gasteiger partial charge in [-0.25, -0.2) is 0 Å². The molecule has 7 atom stereocenters. The molecular weight excluding hydrogens is 1110 g/mol.